The zero-order valence-corrected chi connectivity index (χ0v) is 12.0. The SMILES string of the molecule is CCOC(=O)C1CSCCN1C(=O)[C@@H](N)C(C)C. The second-order valence-corrected chi connectivity index (χ2v) is 5.79. The summed E-state index contributed by atoms with van der Waals surface area (Å²) in [7, 11) is 0. The molecule has 1 fully saturated rings. The summed E-state index contributed by atoms with van der Waals surface area (Å²) < 4.78 is 5.02. The van der Waals surface area contributed by atoms with E-state index >= 15 is 0 Å². The molecule has 1 saturated heterocycles. The number of esters is 1. The Labute approximate surface area is 112 Å². The summed E-state index contributed by atoms with van der Waals surface area (Å²) in [5, 5.41) is 0. The van der Waals surface area contributed by atoms with Crippen molar-refractivity contribution >= 4 is 23.6 Å². The highest BCUT2D eigenvalue weighted by Gasteiger charge is 2.36. The molecule has 104 valence electrons. The first-order valence-electron chi connectivity index (χ1n) is 6.29. The summed E-state index contributed by atoms with van der Waals surface area (Å²) in [6.45, 7) is 6.47. The van der Waals surface area contributed by atoms with Gasteiger partial charge in [-0.3, -0.25) is 4.79 Å². The predicted molar refractivity (Wildman–Crippen MR) is 72.3 cm³/mol. The van der Waals surface area contributed by atoms with E-state index in [0.717, 1.165) is 5.75 Å². The first-order chi connectivity index (χ1) is 8.49. The van der Waals surface area contributed by atoms with Gasteiger partial charge in [0.2, 0.25) is 5.91 Å². The molecule has 0 aromatic heterocycles. The molecule has 1 amide bonds. The van der Waals surface area contributed by atoms with Gasteiger partial charge in [-0.05, 0) is 12.8 Å². The monoisotopic (exact) mass is 274 g/mol. The van der Waals surface area contributed by atoms with Crippen LogP contribution in [-0.4, -0.2) is 53.5 Å². The lowest BCUT2D eigenvalue weighted by Crippen LogP contribution is -2.56. The molecule has 0 bridgehead atoms. The Balaban J connectivity index is 2.76. The summed E-state index contributed by atoms with van der Waals surface area (Å²) in [4.78, 5) is 25.7. The van der Waals surface area contributed by atoms with Gasteiger partial charge in [-0.1, -0.05) is 13.8 Å². The highest BCUT2D eigenvalue weighted by Crippen LogP contribution is 2.19. The molecule has 0 aromatic rings. The molecule has 0 spiro atoms. The van der Waals surface area contributed by atoms with Gasteiger partial charge in [-0.15, -0.1) is 0 Å². The Bertz CT molecular complexity index is 310. The Kier molecular flexibility index (Phi) is 5.95. The highest BCUT2D eigenvalue weighted by atomic mass is 32.2. The second kappa shape index (κ2) is 6.99. The maximum absolute atomic E-state index is 12.2. The average Bonchev–Trinajstić information content (AvgIpc) is 2.37. The second-order valence-electron chi connectivity index (χ2n) is 4.64. The highest BCUT2D eigenvalue weighted by molar-refractivity contribution is 7.99. The minimum atomic E-state index is -0.551. The minimum absolute atomic E-state index is 0.0647. The van der Waals surface area contributed by atoms with Gasteiger partial charge < -0.3 is 15.4 Å². The molecule has 5 nitrogen and oxygen atoms in total. The lowest BCUT2D eigenvalue weighted by atomic mass is 10.0. The maximum Gasteiger partial charge on any atom is 0.329 e. The molecular weight excluding hydrogens is 252 g/mol. The van der Waals surface area contributed by atoms with E-state index in [1.165, 1.54) is 0 Å². The van der Waals surface area contributed by atoms with Gasteiger partial charge in [-0.2, -0.15) is 11.8 Å². The van der Waals surface area contributed by atoms with Gasteiger partial charge in [-0.25, -0.2) is 4.79 Å². The van der Waals surface area contributed by atoms with Crippen molar-refractivity contribution in [1.82, 2.24) is 4.90 Å². The fourth-order valence-electron chi connectivity index (χ4n) is 1.78. The van der Waals surface area contributed by atoms with Crippen molar-refractivity contribution in [2.75, 3.05) is 24.7 Å². The Morgan fingerprint density at radius 1 is 1.50 bits per heavy atom. The van der Waals surface area contributed by atoms with Crippen molar-refractivity contribution in [3.63, 3.8) is 0 Å². The van der Waals surface area contributed by atoms with E-state index in [9.17, 15) is 9.59 Å². The van der Waals surface area contributed by atoms with Gasteiger partial charge in [0.1, 0.15) is 6.04 Å². The molecule has 0 aromatic carbocycles. The van der Waals surface area contributed by atoms with Crippen LogP contribution in [0.2, 0.25) is 0 Å². The van der Waals surface area contributed by atoms with E-state index in [4.69, 9.17) is 10.5 Å². The van der Waals surface area contributed by atoms with Crippen molar-refractivity contribution in [2.45, 2.75) is 32.9 Å². The lowest BCUT2D eigenvalue weighted by Gasteiger charge is -2.35. The van der Waals surface area contributed by atoms with E-state index in [1.54, 1.807) is 23.6 Å². The average molecular weight is 274 g/mol. The largest absolute Gasteiger partial charge is 0.464 e. The third-order valence-corrected chi connectivity index (χ3v) is 4.00. The standard InChI is InChI=1S/C12H22N2O3S/c1-4-17-12(16)9-7-18-6-5-14(9)11(15)10(13)8(2)3/h8-10H,4-7,13H2,1-3H3/t9?,10-/m0/s1. The molecular formula is C12H22N2O3S. The van der Waals surface area contributed by atoms with Gasteiger partial charge >= 0.3 is 5.97 Å². The number of thioether (sulfide) groups is 1. The van der Waals surface area contributed by atoms with Gasteiger partial charge in [0, 0.05) is 18.1 Å². The minimum Gasteiger partial charge on any atom is -0.464 e. The summed E-state index contributed by atoms with van der Waals surface area (Å²) >= 11 is 1.66. The van der Waals surface area contributed by atoms with Crippen LogP contribution in [0, 0.1) is 5.92 Å². The molecule has 1 aliphatic heterocycles. The first kappa shape index (κ1) is 15.3. The lowest BCUT2D eigenvalue weighted by molar-refractivity contribution is -0.154. The van der Waals surface area contributed by atoms with Crippen LogP contribution in [0.25, 0.3) is 0 Å². The molecule has 0 saturated carbocycles. The molecule has 2 N–H and O–H groups in total. The fourth-order valence-corrected chi connectivity index (χ4v) is 2.81. The van der Waals surface area contributed by atoms with Crippen molar-refractivity contribution in [3.05, 3.63) is 0 Å². The van der Waals surface area contributed by atoms with Crippen LogP contribution in [0.4, 0.5) is 0 Å². The van der Waals surface area contributed by atoms with Crippen molar-refractivity contribution < 1.29 is 14.3 Å². The molecule has 1 heterocycles. The van der Waals surface area contributed by atoms with E-state index in [2.05, 4.69) is 0 Å². The molecule has 1 rings (SSSR count). The molecule has 18 heavy (non-hydrogen) atoms. The number of carbonyl (C=O) groups excluding carboxylic acids is 2. The Hall–Kier alpha value is -0.750. The van der Waals surface area contributed by atoms with Crippen LogP contribution in [-0.2, 0) is 14.3 Å². The summed E-state index contributed by atoms with van der Waals surface area (Å²) in [5.74, 6) is 1.02. The van der Waals surface area contributed by atoms with Crippen LogP contribution in [0.15, 0.2) is 0 Å². The number of hydrogen-bond donors (Lipinski definition) is 1. The Morgan fingerprint density at radius 2 is 2.17 bits per heavy atom. The summed E-state index contributed by atoms with van der Waals surface area (Å²) in [6, 6.07) is -1.04. The first-order valence-corrected chi connectivity index (χ1v) is 7.45. The molecule has 0 radical (unpaired) electrons. The van der Waals surface area contributed by atoms with E-state index in [0.29, 0.717) is 18.9 Å². The van der Waals surface area contributed by atoms with Crippen LogP contribution < -0.4 is 5.73 Å². The van der Waals surface area contributed by atoms with Crippen molar-refractivity contribution in [1.29, 1.82) is 0 Å². The number of rotatable bonds is 4. The number of hydrogen-bond acceptors (Lipinski definition) is 5. The van der Waals surface area contributed by atoms with E-state index in [1.807, 2.05) is 13.8 Å². The van der Waals surface area contributed by atoms with Gasteiger partial charge in [0.15, 0.2) is 0 Å². The molecule has 1 aliphatic rings. The molecule has 0 aliphatic carbocycles. The van der Waals surface area contributed by atoms with Crippen LogP contribution in [0.1, 0.15) is 20.8 Å². The van der Waals surface area contributed by atoms with Crippen molar-refractivity contribution in [2.24, 2.45) is 11.7 Å². The third-order valence-electron chi connectivity index (χ3n) is 2.97. The third kappa shape index (κ3) is 3.62. The number of ether oxygens (including phenoxy) is 1. The smallest absolute Gasteiger partial charge is 0.329 e. The number of carbonyl (C=O) groups is 2. The molecule has 6 heteroatoms. The summed E-state index contributed by atoms with van der Waals surface area (Å²) in [5.41, 5.74) is 5.88. The Morgan fingerprint density at radius 3 is 2.72 bits per heavy atom. The van der Waals surface area contributed by atoms with Crippen LogP contribution >= 0.6 is 11.8 Å². The van der Waals surface area contributed by atoms with Gasteiger partial charge in [0.05, 0.1) is 12.6 Å². The predicted octanol–water partition coefficient (Wildman–Crippen LogP) is 0.477. The van der Waals surface area contributed by atoms with E-state index in [-0.39, 0.29) is 17.8 Å². The van der Waals surface area contributed by atoms with Crippen LogP contribution in [0.3, 0.4) is 0 Å². The number of amides is 1. The maximum atomic E-state index is 12.2. The van der Waals surface area contributed by atoms with Gasteiger partial charge in [0.25, 0.3) is 0 Å². The number of nitrogens with two attached hydrogens (primary N) is 1. The normalized spacial score (nSPS) is 21.8. The number of nitrogens with zero attached hydrogens (tertiary/aromatic N) is 1. The topological polar surface area (TPSA) is 72.6 Å². The van der Waals surface area contributed by atoms with Crippen LogP contribution in [0.5, 0.6) is 0 Å². The zero-order chi connectivity index (χ0) is 13.7. The van der Waals surface area contributed by atoms with E-state index < -0.39 is 12.1 Å². The fraction of sp³-hybridized carbons (Fsp3) is 0.833. The zero-order valence-electron chi connectivity index (χ0n) is 11.2. The summed E-state index contributed by atoms with van der Waals surface area (Å²) in [6.07, 6.45) is 0. The molecule has 1 unspecified atom stereocenters. The van der Waals surface area contributed by atoms with Crippen molar-refractivity contribution in [3.8, 4) is 0 Å². The molecule has 2 atom stereocenters. The quantitative estimate of drug-likeness (QED) is 0.755.